The van der Waals surface area contributed by atoms with Gasteiger partial charge in [0, 0.05) is 11.1 Å². The van der Waals surface area contributed by atoms with Crippen LogP contribution >= 0.6 is 23.4 Å². The molecule has 3 rings (SSSR count). The first-order valence-corrected chi connectivity index (χ1v) is 11.6. The predicted octanol–water partition coefficient (Wildman–Crippen LogP) is 4.09. The molecule has 2 aromatic rings. The number of hydrogen-bond donors (Lipinski definition) is 1. The molecule has 162 valence electrons. The zero-order valence-corrected chi connectivity index (χ0v) is 18.7. The van der Waals surface area contributed by atoms with Gasteiger partial charge < -0.3 is 10.1 Å². The minimum atomic E-state index is -0.468. The summed E-state index contributed by atoms with van der Waals surface area (Å²) in [5.41, 5.74) is 1.79. The number of hydrogen-bond acceptors (Lipinski definition) is 6. The van der Waals surface area contributed by atoms with Gasteiger partial charge >= 0.3 is 5.97 Å². The topological polar surface area (TPSA) is 86.1 Å². The maximum atomic E-state index is 12.1. The molecule has 1 N–H and O–H groups in total. The largest absolute Gasteiger partial charge is 0.455 e. The molecule has 1 fully saturated rings. The van der Waals surface area contributed by atoms with Crippen molar-refractivity contribution in [2.45, 2.75) is 63.1 Å². The molecule has 0 spiro atoms. The van der Waals surface area contributed by atoms with Crippen LogP contribution in [0.3, 0.4) is 0 Å². The normalized spacial score (nSPS) is 15.3. The van der Waals surface area contributed by atoms with Crippen molar-refractivity contribution >= 4 is 35.2 Å². The van der Waals surface area contributed by atoms with E-state index in [-0.39, 0.29) is 24.3 Å². The van der Waals surface area contributed by atoms with Crippen LogP contribution in [-0.4, -0.2) is 45.0 Å². The highest BCUT2D eigenvalue weighted by Gasteiger charge is 2.16. The predicted molar refractivity (Wildman–Crippen MR) is 117 cm³/mol. The minimum absolute atomic E-state index is 0.0367. The lowest BCUT2D eigenvalue weighted by Gasteiger charge is -2.20. The van der Waals surface area contributed by atoms with Crippen LogP contribution in [0.15, 0.2) is 29.7 Å². The van der Waals surface area contributed by atoms with Crippen molar-refractivity contribution in [2.75, 3.05) is 12.4 Å². The number of nitrogens with one attached hydrogen (secondary N) is 1. The van der Waals surface area contributed by atoms with Crippen molar-refractivity contribution in [1.82, 2.24) is 20.1 Å². The number of thioether (sulfide) groups is 1. The smallest absolute Gasteiger partial charge is 0.316 e. The number of benzene rings is 1. The molecule has 1 amide bonds. The Kier molecular flexibility index (Phi) is 8.57. The van der Waals surface area contributed by atoms with Crippen molar-refractivity contribution in [3.63, 3.8) is 0 Å². The molecule has 0 saturated heterocycles. The van der Waals surface area contributed by atoms with E-state index in [4.69, 9.17) is 16.3 Å². The molecule has 1 aliphatic carbocycles. The van der Waals surface area contributed by atoms with Crippen molar-refractivity contribution in [2.24, 2.45) is 0 Å². The van der Waals surface area contributed by atoms with Gasteiger partial charge in [0.05, 0.1) is 11.4 Å². The van der Waals surface area contributed by atoms with Gasteiger partial charge in [-0.15, -0.1) is 10.2 Å². The van der Waals surface area contributed by atoms with Gasteiger partial charge in [-0.05, 0) is 37.5 Å². The molecular weight excluding hydrogens is 424 g/mol. The van der Waals surface area contributed by atoms with Gasteiger partial charge in [-0.3, -0.25) is 14.2 Å². The monoisotopic (exact) mass is 450 g/mol. The summed E-state index contributed by atoms with van der Waals surface area (Å²) in [6.45, 7) is 1.67. The number of nitrogens with zero attached hydrogens (tertiary/aromatic N) is 3. The first kappa shape index (κ1) is 22.6. The Hall–Kier alpha value is -2.06. The fourth-order valence-electron chi connectivity index (χ4n) is 3.41. The van der Waals surface area contributed by atoms with Gasteiger partial charge in [-0.1, -0.05) is 61.5 Å². The molecule has 7 nitrogen and oxygen atoms in total. The minimum Gasteiger partial charge on any atom is -0.455 e. The Balaban J connectivity index is 1.44. The van der Waals surface area contributed by atoms with Gasteiger partial charge in [-0.2, -0.15) is 0 Å². The van der Waals surface area contributed by atoms with E-state index < -0.39 is 5.97 Å². The Labute approximate surface area is 185 Å². The van der Waals surface area contributed by atoms with Crippen LogP contribution in [0, 0.1) is 6.92 Å². The molecule has 9 heteroatoms. The van der Waals surface area contributed by atoms with Crippen molar-refractivity contribution < 1.29 is 14.3 Å². The van der Waals surface area contributed by atoms with Gasteiger partial charge in [0.15, 0.2) is 11.8 Å². The third kappa shape index (κ3) is 6.74. The first-order valence-electron chi connectivity index (χ1n) is 10.3. The van der Waals surface area contributed by atoms with Crippen LogP contribution in [0.25, 0.3) is 5.69 Å². The number of esters is 1. The summed E-state index contributed by atoms with van der Waals surface area (Å²) >= 11 is 7.39. The van der Waals surface area contributed by atoms with E-state index >= 15 is 0 Å². The average Bonchev–Trinajstić information content (AvgIpc) is 3.17. The number of amides is 1. The lowest BCUT2D eigenvalue weighted by atomic mass is 9.97. The van der Waals surface area contributed by atoms with Crippen LogP contribution in [0.2, 0.25) is 5.02 Å². The summed E-state index contributed by atoms with van der Waals surface area (Å²) in [7, 11) is 0. The molecular formula is C21H27ClN4O3S. The molecule has 1 heterocycles. The molecule has 1 aromatic heterocycles. The van der Waals surface area contributed by atoms with Gasteiger partial charge in [0.2, 0.25) is 0 Å². The lowest BCUT2D eigenvalue weighted by molar-refractivity contribution is -0.146. The maximum Gasteiger partial charge on any atom is 0.316 e. The quantitative estimate of drug-likeness (QED) is 0.505. The zero-order chi connectivity index (χ0) is 21.3. The number of carbonyl (C=O) groups is 2. The summed E-state index contributed by atoms with van der Waals surface area (Å²) in [5, 5.41) is 12.1. The number of rotatable bonds is 7. The van der Waals surface area contributed by atoms with Crippen LogP contribution < -0.4 is 5.32 Å². The molecule has 1 saturated carbocycles. The molecule has 0 bridgehead atoms. The van der Waals surface area contributed by atoms with Gasteiger partial charge in [-0.25, -0.2) is 0 Å². The molecule has 0 atom stereocenters. The van der Waals surface area contributed by atoms with Gasteiger partial charge in [0.25, 0.3) is 5.91 Å². The summed E-state index contributed by atoms with van der Waals surface area (Å²) in [6.07, 6.45) is 9.54. The van der Waals surface area contributed by atoms with Crippen LogP contribution in [0.1, 0.15) is 50.5 Å². The lowest BCUT2D eigenvalue weighted by Crippen LogP contribution is -2.38. The summed E-state index contributed by atoms with van der Waals surface area (Å²) in [5.74, 6) is -0.671. The molecule has 1 aromatic carbocycles. The Morgan fingerprint density at radius 1 is 1.23 bits per heavy atom. The number of ether oxygens (including phenoxy) is 1. The van der Waals surface area contributed by atoms with Crippen molar-refractivity contribution in [1.29, 1.82) is 0 Å². The number of aromatic nitrogens is 3. The molecule has 0 radical (unpaired) electrons. The highest BCUT2D eigenvalue weighted by molar-refractivity contribution is 7.99. The second-order valence-corrected chi connectivity index (χ2v) is 8.83. The highest BCUT2D eigenvalue weighted by Crippen LogP contribution is 2.24. The first-order chi connectivity index (χ1) is 14.5. The molecule has 0 aliphatic heterocycles. The summed E-state index contributed by atoms with van der Waals surface area (Å²) in [6, 6.07) is 5.83. The molecule has 1 aliphatic rings. The third-order valence-electron chi connectivity index (χ3n) is 5.10. The third-order valence-corrected chi connectivity index (χ3v) is 6.43. The Morgan fingerprint density at radius 2 is 1.97 bits per heavy atom. The van der Waals surface area contributed by atoms with E-state index in [0.29, 0.717) is 10.2 Å². The number of halogens is 1. The van der Waals surface area contributed by atoms with Crippen molar-refractivity contribution in [3.05, 3.63) is 35.1 Å². The highest BCUT2D eigenvalue weighted by atomic mass is 35.5. The maximum absolute atomic E-state index is 12.1. The van der Waals surface area contributed by atoms with Crippen molar-refractivity contribution in [3.8, 4) is 5.69 Å². The van der Waals surface area contributed by atoms with Crippen LogP contribution in [-0.2, 0) is 14.3 Å². The Bertz CT molecular complexity index is 866. The molecule has 30 heavy (non-hydrogen) atoms. The van der Waals surface area contributed by atoms with Crippen LogP contribution in [0.4, 0.5) is 0 Å². The average molecular weight is 451 g/mol. The SMILES string of the molecule is Cc1ccc(-n2cnnc2SCC(=O)OCC(=O)NC2CCCCCCC2)cc1Cl. The van der Waals surface area contributed by atoms with Gasteiger partial charge in [0.1, 0.15) is 6.33 Å². The van der Waals surface area contributed by atoms with E-state index in [2.05, 4.69) is 15.5 Å². The zero-order valence-electron chi connectivity index (χ0n) is 17.1. The summed E-state index contributed by atoms with van der Waals surface area (Å²) in [4.78, 5) is 24.2. The number of carbonyl (C=O) groups excluding carboxylic acids is 2. The second kappa shape index (κ2) is 11.4. The van der Waals surface area contributed by atoms with E-state index in [0.717, 1.165) is 36.9 Å². The molecule has 0 unspecified atom stereocenters. The fraction of sp³-hybridized carbons (Fsp3) is 0.524. The van der Waals surface area contributed by atoms with E-state index in [1.807, 2.05) is 25.1 Å². The van der Waals surface area contributed by atoms with E-state index in [1.165, 1.54) is 31.0 Å². The fourth-order valence-corrected chi connectivity index (χ4v) is 4.31. The number of aryl methyl sites for hydroxylation is 1. The summed E-state index contributed by atoms with van der Waals surface area (Å²) < 4.78 is 6.88. The van der Waals surface area contributed by atoms with E-state index in [1.54, 1.807) is 10.9 Å². The van der Waals surface area contributed by atoms with E-state index in [9.17, 15) is 9.59 Å². The second-order valence-electron chi connectivity index (χ2n) is 7.48. The standard InChI is InChI=1S/C21H27ClN4O3S/c1-15-9-10-17(11-18(15)22)26-14-23-25-21(26)30-13-20(28)29-12-19(27)24-16-7-5-3-2-4-6-8-16/h9-11,14,16H,2-8,12-13H2,1H3,(H,24,27). The van der Waals surface area contributed by atoms with Crippen LogP contribution in [0.5, 0.6) is 0 Å². The Morgan fingerprint density at radius 3 is 2.70 bits per heavy atom.